The van der Waals surface area contributed by atoms with Gasteiger partial charge in [-0.15, -0.1) is 0 Å². The number of halogens is 1. The van der Waals surface area contributed by atoms with Crippen LogP contribution in [-0.2, 0) is 0 Å². The molecule has 4 aromatic rings. The minimum Gasteiger partial charge on any atom is -0.457 e. The van der Waals surface area contributed by atoms with Gasteiger partial charge in [-0.05, 0) is 48.5 Å². The number of nitriles is 1. The quantitative estimate of drug-likeness (QED) is 0.536. The lowest BCUT2D eigenvalue weighted by Crippen LogP contribution is -1.84. The Morgan fingerprint density at radius 3 is 2.64 bits per heavy atom. The van der Waals surface area contributed by atoms with E-state index in [9.17, 15) is 9.65 Å². The molecule has 4 rings (SSSR count). The molecule has 0 aliphatic heterocycles. The number of imidazole rings is 1. The Kier molecular flexibility index (Phi) is 3.64. The average molecular weight is 329 g/mol. The fourth-order valence-corrected chi connectivity index (χ4v) is 2.58. The van der Waals surface area contributed by atoms with Crippen LogP contribution in [0, 0.1) is 17.1 Å². The highest BCUT2D eigenvalue weighted by Crippen LogP contribution is 2.25. The second kappa shape index (κ2) is 6.10. The van der Waals surface area contributed by atoms with Crippen LogP contribution < -0.4 is 0 Å². The third-order valence-corrected chi connectivity index (χ3v) is 3.81. The van der Waals surface area contributed by atoms with Crippen molar-refractivity contribution >= 4 is 22.7 Å². The lowest BCUT2D eigenvalue weighted by atomic mass is 10.2. The number of hydrogen-bond acceptors (Lipinski definition) is 3. The first-order chi connectivity index (χ1) is 12.2. The van der Waals surface area contributed by atoms with Gasteiger partial charge in [-0.25, -0.2) is 9.37 Å². The largest absolute Gasteiger partial charge is 0.457 e. The molecule has 120 valence electrons. The Bertz CT molecular complexity index is 1080. The number of rotatable bonds is 3. The molecule has 0 saturated heterocycles. The van der Waals surface area contributed by atoms with Crippen molar-refractivity contribution in [2.75, 3.05) is 0 Å². The number of furan rings is 1. The van der Waals surface area contributed by atoms with Gasteiger partial charge in [-0.1, -0.05) is 12.1 Å². The summed E-state index contributed by atoms with van der Waals surface area (Å²) < 4.78 is 18.8. The summed E-state index contributed by atoms with van der Waals surface area (Å²) in [6, 6.07) is 19.3. The van der Waals surface area contributed by atoms with Gasteiger partial charge in [0.05, 0.1) is 16.6 Å². The topological polar surface area (TPSA) is 65.6 Å². The molecule has 2 aromatic carbocycles. The zero-order valence-corrected chi connectivity index (χ0v) is 13.0. The van der Waals surface area contributed by atoms with Gasteiger partial charge in [-0.3, -0.25) is 0 Å². The zero-order chi connectivity index (χ0) is 17.2. The number of hydrogen-bond donors (Lipinski definition) is 1. The maximum atomic E-state index is 13.0. The molecule has 0 aliphatic rings. The van der Waals surface area contributed by atoms with Crippen molar-refractivity contribution in [2.24, 2.45) is 0 Å². The molecule has 0 amide bonds. The Labute approximate surface area is 142 Å². The predicted octanol–water partition coefficient (Wildman–Crippen LogP) is 5.03. The molecule has 4 nitrogen and oxygen atoms in total. The van der Waals surface area contributed by atoms with Gasteiger partial charge >= 0.3 is 0 Å². The Hall–Kier alpha value is -3.65. The molecule has 25 heavy (non-hydrogen) atoms. The highest BCUT2D eigenvalue weighted by Gasteiger charge is 2.10. The van der Waals surface area contributed by atoms with Crippen LogP contribution in [0.25, 0.3) is 34.0 Å². The first kappa shape index (κ1) is 14.9. The van der Waals surface area contributed by atoms with Crippen LogP contribution in [0.1, 0.15) is 11.6 Å². The summed E-state index contributed by atoms with van der Waals surface area (Å²) >= 11 is 0. The molecule has 0 radical (unpaired) electrons. The number of nitrogens with one attached hydrogen (secondary N) is 1. The minimum atomic E-state index is -0.299. The highest BCUT2D eigenvalue weighted by atomic mass is 19.1. The molecule has 1 N–H and O–H groups in total. The number of para-hydroxylation sites is 2. The number of fused-ring (bicyclic) bond motifs is 1. The van der Waals surface area contributed by atoms with E-state index in [1.54, 1.807) is 30.3 Å². The van der Waals surface area contributed by atoms with Crippen molar-refractivity contribution in [1.29, 1.82) is 5.26 Å². The fourth-order valence-electron chi connectivity index (χ4n) is 2.58. The molecular formula is C20H12FN3O. The van der Waals surface area contributed by atoms with Gasteiger partial charge < -0.3 is 9.40 Å². The van der Waals surface area contributed by atoms with Gasteiger partial charge in [-0.2, -0.15) is 5.26 Å². The van der Waals surface area contributed by atoms with Crippen LogP contribution in [0.15, 0.2) is 65.1 Å². The maximum Gasteiger partial charge on any atom is 0.149 e. The van der Waals surface area contributed by atoms with Crippen molar-refractivity contribution in [2.45, 2.75) is 0 Å². The molecule has 0 bridgehead atoms. The molecule has 5 heteroatoms. The van der Waals surface area contributed by atoms with E-state index in [0.29, 0.717) is 22.9 Å². The van der Waals surface area contributed by atoms with Crippen LogP contribution >= 0.6 is 0 Å². The van der Waals surface area contributed by atoms with Gasteiger partial charge in [0.15, 0.2) is 0 Å². The molecule has 0 spiro atoms. The highest BCUT2D eigenvalue weighted by molar-refractivity contribution is 5.89. The molecule has 0 aliphatic carbocycles. The smallest absolute Gasteiger partial charge is 0.149 e. The number of allylic oxidation sites excluding steroid dienone is 1. The van der Waals surface area contributed by atoms with Gasteiger partial charge in [0.1, 0.15) is 29.2 Å². The van der Waals surface area contributed by atoms with E-state index in [2.05, 4.69) is 16.0 Å². The molecule has 2 aromatic heterocycles. The SMILES string of the molecule is N#C/C(=C\c1ccc(-c2ccc(F)cc2)o1)c1nc2ccccc2[nH]1. The van der Waals surface area contributed by atoms with Crippen LogP contribution in [0.2, 0.25) is 0 Å². The Balaban J connectivity index is 1.69. The van der Waals surface area contributed by atoms with Crippen LogP contribution in [0.5, 0.6) is 0 Å². The normalized spacial score (nSPS) is 11.6. The lowest BCUT2D eigenvalue weighted by molar-refractivity contribution is 0.571. The first-order valence-corrected chi connectivity index (χ1v) is 7.65. The third kappa shape index (κ3) is 2.93. The first-order valence-electron chi connectivity index (χ1n) is 7.65. The summed E-state index contributed by atoms with van der Waals surface area (Å²) in [7, 11) is 0. The molecule has 0 saturated carbocycles. The summed E-state index contributed by atoms with van der Waals surface area (Å²) in [5, 5.41) is 9.46. The van der Waals surface area contributed by atoms with Gasteiger partial charge in [0.2, 0.25) is 0 Å². The van der Waals surface area contributed by atoms with Crippen LogP contribution in [0.3, 0.4) is 0 Å². The van der Waals surface area contributed by atoms with Crippen molar-refractivity contribution < 1.29 is 8.81 Å². The number of aromatic nitrogens is 2. The Morgan fingerprint density at radius 1 is 1.08 bits per heavy atom. The fraction of sp³-hybridized carbons (Fsp3) is 0. The van der Waals surface area contributed by atoms with E-state index < -0.39 is 0 Å². The zero-order valence-electron chi connectivity index (χ0n) is 13.0. The second-order valence-electron chi connectivity index (χ2n) is 5.48. The monoisotopic (exact) mass is 329 g/mol. The minimum absolute atomic E-state index is 0.299. The molecule has 2 heterocycles. The van der Waals surface area contributed by atoms with E-state index in [1.807, 2.05) is 24.3 Å². The predicted molar refractivity (Wildman–Crippen MR) is 93.7 cm³/mol. The number of nitrogens with zero attached hydrogens (tertiary/aromatic N) is 2. The maximum absolute atomic E-state index is 13.0. The molecule has 0 unspecified atom stereocenters. The van der Waals surface area contributed by atoms with Crippen molar-refractivity contribution in [3.8, 4) is 17.4 Å². The van der Waals surface area contributed by atoms with E-state index >= 15 is 0 Å². The number of H-pyrrole nitrogens is 1. The molecular weight excluding hydrogens is 317 g/mol. The summed E-state index contributed by atoms with van der Waals surface area (Å²) in [6.07, 6.45) is 1.63. The van der Waals surface area contributed by atoms with Crippen molar-refractivity contribution in [3.05, 3.63) is 78.1 Å². The lowest BCUT2D eigenvalue weighted by Gasteiger charge is -1.96. The summed E-state index contributed by atoms with van der Waals surface area (Å²) in [5.41, 5.74) is 2.80. The third-order valence-electron chi connectivity index (χ3n) is 3.81. The van der Waals surface area contributed by atoms with Gasteiger partial charge in [0, 0.05) is 11.6 Å². The summed E-state index contributed by atoms with van der Waals surface area (Å²) in [4.78, 5) is 7.55. The van der Waals surface area contributed by atoms with Crippen LogP contribution in [0.4, 0.5) is 4.39 Å². The molecule has 0 atom stereocenters. The Morgan fingerprint density at radius 2 is 1.88 bits per heavy atom. The van der Waals surface area contributed by atoms with Crippen molar-refractivity contribution in [1.82, 2.24) is 9.97 Å². The number of aromatic amines is 1. The average Bonchev–Trinajstić information content (AvgIpc) is 3.27. The van der Waals surface area contributed by atoms with E-state index in [4.69, 9.17) is 4.42 Å². The van der Waals surface area contributed by atoms with Gasteiger partial charge in [0.25, 0.3) is 0 Å². The van der Waals surface area contributed by atoms with E-state index in [-0.39, 0.29) is 5.82 Å². The van der Waals surface area contributed by atoms with Crippen molar-refractivity contribution in [3.63, 3.8) is 0 Å². The number of benzene rings is 2. The second-order valence-corrected chi connectivity index (χ2v) is 5.48. The van der Waals surface area contributed by atoms with E-state index in [0.717, 1.165) is 16.6 Å². The van der Waals surface area contributed by atoms with E-state index in [1.165, 1.54) is 12.1 Å². The standard InChI is InChI=1S/C20H12FN3O/c21-15-7-5-13(6-8-15)19-10-9-16(25-19)11-14(12-22)20-23-17-3-1-2-4-18(17)24-20/h1-11H,(H,23,24)/b14-11+. The van der Waals surface area contributed by atoms with Crippen LogP contribution in [-0.4, -0.2) is 9.97 Å². The summed E-state index contributed by atoms with van der Waals surface area (Å²) in [5.74, 6) is 1.32. The molecule has 0 fully saturated rings. The summed E-state index contributed by atoms with van der Waals surface area (Å²) in [6.45, 7) is 0.